The molecular weight excluding hydrogens is 304 g/mol. The number of hydrogen-bond donors (Lipinski definition) is 0. The van der Waals surface area contributed by atoms with Crippen LogP contribution in [0.5, 0.6) is 5.88 Å². The predicted molar refractivity (Wildman–Crippen MR) is 90.9 cm³/mol. The summed E-state index contributed by atoms with van der Waals surface area (Å²) in [5.74, 6) is 0.447. The first-order valence-electron chi connectivity index (χ1n) is 8.19. The van der Waals surface area contributed by atoms with E-state index in [2.05, 4.69) is 4.98 Å². The van der Waals surface area contributed by atoms with Gasteiger partial charge >= 0.3 is 0 Å². The van der Waals surface area contributed by atoms with Gasteiger partial charge in [0.15, 0.2) is 0 Å². The summed E-state index contributed by atoms with van der Waals surface area (Å²) in [6.07, 6.45) is 1.67. The molecule has 0 radical (unpaired) electrons. The maximum absolute atomic E-state index is 12.8. The highest BCUT2D eigenvalue weighted by molar-refractivity contribution is 5.94. The van der Waals surface area contributed by atoms with E-state index >= 15 is 0 Å². The number of aromatic nitrogens is 1. The number of ether oxygens (including phenoxy) is 2. The van der Waals surface area contributed by atoms with Gasteiger partial charge < -0.3 is 14.4 Å². The number of morpholine rings is 1. The predicted octanol–water partition coefficient (Wildman–Crippen LogP) is 2.91. The molecule has 3 rings (SSSR count). The van der Waals surface area contributed by atoms with Gasteiger partial charge in [0.2, 0.25) is 5.88 Å². The summed E-state index contributed by atoms with van der Waals surface area (Å²) in [5, 5.41) is 0. The van der Waals surface area contributed by atoms with Gasteiger partial charge in [0, 0.05) is 24.4 Å². The van der Waals surface area contributed by atoms with Gasteiger partial charge in [0.05, 0.1) is 18.8 Å². The van der Waals surface area contributed by atoms with E-state index < -0.39 is 0 Å². The van der Waals surface area contributed by atoms with Gasteiger partial charge in [-0.1, -0.05) is 30.3 Å². The summed E-state index contributed by atoms with van der Waals surface area (Å²) in [6, 6.07) is 13.4. The largest absolute Gasteiger partial charge is 0.473 e. The molecule has 0 unspecified atom stereocenters. The molecule has 1 aliphatic heterocycles. The second-order valence-corrected chi connectivity index (χ2v) is 6.11. The normalized spacial score (nSPS) is 20.7. The zero-order valence-corrected chi connectivity index (χ0v) is 14.0. The lowest BCUT2D eigenvalue weighted by Crippen LogP contribution is -2.50. The van der Waals surface area contributed by atoms with E-state index in [4.69, 9.17) is 9.47 Å². The van der Waals surface area contributed by atoms with Crippen molar-refractivity contribution in [2.75, 3.05) is 13.2 Å². The van der Waals surface area contributed by atoms with Crippen LogP contribution in [0.15, 0.2) is 48.7 Å². The van der Waals surface area contributed by atoms with Crippen LogP contribution < -0.4 is 4.74 Å². The van der Waals surface area contributed by atoms with E-state index in [0.29, 0.717) is 31.2 Å². The third kappa shape index (κ3) is 3.92. The molecule has 126 valence electrons. The average Bonchev–Trinajstić information content (AvgIpc) is 2.62. The van der Waals surface area contributed by atoms with Crippen molar-refractivity contribution in [1.82, 2.24) is 9.88 Å². The van der Waals surface area contributed by atoms with Crippen LogP contribution in [0, 0.1) is 0 Å². The molecule has 0 N–H and O–H groups in total. The molecular formula is C19H22N2O3. The fraction of sp³-hybridized carbons (Fsp3) is 0.368. The highest BCUT2D eigenvalue weighted by Crippen LogP contribution is 2.18. The van der Waals surface area contributed by atoms with Crippen molar-refractivity contribution in [2.24, 2.45) is 0 Å². The third-order valence-electron chi connectivity index (χ3n) is 4.08. The Balaban J connectivity index is 1.69. The Morgan fingerprint density at radius 2 is 2.08 bits per heavy atom. The Labute approximate surface area is 142 Å². The number of pyridine rings is 1. The quantitative estimate of drug-likeness (QED) is 0.867. The van der Waals surface area contributed by atoms with E-state index in [1.165, 1.54) is 0 Å². The standard InChI is InChI=1S/C19H22N2O3/c1-14-12-23-15(2)11-21(14)19(22)17-8-9-20-18(10-17)24-13-16-6-4-3-5-7-16/h3-10,14-15H,11-13H2,1-2H3/t14-,15+/m1/s1. The number of amides is 1. The van der Waals surface area contributed by atoms with Crippen LogP contribution in [0.2, 0.25) is 0 Å². The molecule has 1 aliphatic rings. The minimum atomic E-state index is -0.00962. The van der Waals surface area contributed by atoms with Crippen molar-refractivity contribution >= 4 is 5.91 Å². The molecule has 2 heterocycles. The van der Waals surface area contributed by atoms with Crippen LogP contribution in [0.4, 0.5) is 0 Å². The van der Waals surface area contributed by atoms with Crippen molar-refractivity contribution < 1.29 is 14.3 Å². The lowest BCUT2D eigenvalue weighted by Gasteiger charge is -2.36. The third-order valence-corrected chi connectivity index (χ3v) is 4.08. The zero-order chi connectivity index (χ0) is 16.9. The van der Waals surface area contributed by atoms with E-state index in [1.54, 1.807) is 18.3 Å². The second-order valence-electron chi connectivity index (χ2n) is 6.11. The smallest absolute Gasteiger partial charge is 0.254 e. The summed E-state index contributed by atoms with van der Waals surface area (Å²) in [6.45, 7) is 5.57. The van der Waals surface area contributed by atoms with Crippen LogP contribution >= 0.6 is 0 Å². The highest BCUT2D eigenvalue weighted by Gasteiger charge is 2.28. The fourth-order valence-corrected chi connectivity index (χ4v) is 2.70. The van der Waals surface area contributed by atoms with Crippen LogP contribution in [-0.2, 0) is 11.3 Å². The van der Waals surface area contributed by atoms with Gasteiger partial charge in [0.1, 0.15) is 6.61 Å². The van der Waals surface area contributed by atoms with Crippen LogP contribution in [0.25, 0.3) is 0 Å². The Bertz CT molecular complexity index is 690. The van der Waals surface area contributed by atoms with Gasteiger partial charge in [-0.15, -0.1) is 0 Å². The van der Waals surface area contributed by atoms with E-state index in [1.807, 2.05) is 49.1 Å². The molecule has 1 fully saturated rings. The molecule has 5 heteroatoms. The number of carbonyl (C=O) groups is 1. The molecule has 0 saturated carbocycles. The summed E-state index contributed by atoms with van der Waals surface area (Å²) < 4.78 is 11.3. The lowest BCUT2D eigenvalue weighted by atomic mass is 10.1. The average molecular weight is 326 g/mol. The maximum Gasteiger partial charge on any atom is 0.254 e. The molecule has 1 aromatic carbocycles. The molecule has 5 nitrogen and oxygen atoms in total. The van der Waals surface area contributed by atoms with E-state index in [0.717, 1.165) is 5.56 Å². The molecule has 1 amide bonds. The zero-order valence-electron chi connectivity index (χ0n) is 14.0. The Kier molecular flexibility index (Phi) is 5.11. The summed E-state index contributed by atoms with van der Waals surface area (Å²) >= 11 is 0. The van der Waals surface area contributed by atoms with Crippen molar-refractivity contribution in [1.29, 1.82) is 0 Å². The summed E-state index contributed by atoms with van der Waals surface area (Å²) in [5.41, 5.74) is 1.65. The van der Waals surface area contributed by atoms with Crippen molar-refractivity contribution in [3.8, 4) is 5.88 Å². The minimum Gasteiger partial charge on any atom is -0.473 e. The molecule has 1 saturated heterocycles. The molecule has 2 aromatic rings. The van der Waals surface area contributed by atoms with E-state index in [-0.39, 0.29) is 18.1 Å². The SMILES string of the molecule is C[C@@H]1CO[C@@H](C)CN1C(=O)c1ccnc(OCc2ccccc2)c1. The van der Waals surface area contributed by atoms with Gasteiger partial charge in [-0.05, 0) is 25.5 Å². The van der Waals surface area contributed by atoms with Gasteiger partial charge in [0.25, 0.3) is 5.91 Å². The summed E-state index contributed by atoms with van der Waals surface area (Å²) in [4.78, 5) is 18.8. The summed E-state index contributed by atoms with van der Waals surface area (Å²) in [7, 11) is 0. The first-order valence-corrected chi connectivity index (χ1v) is 8.19. The second kappa shape index (κ2) is 7.45. The molecule has 0 spiro atoms. The minimum absolute atomic E-state index is 0.00962. The number of hydrogen-bond acceptors (Lipinski definition) is 4. The monoisotopic (exact) mass is 326 g/mol. The Hall–Kier alpha value is -2.40. The molecule has 24 heavy (non-hydrogen) atoms. The highest BCUT2D eigenvalue weighted by atomic mass is 16.5. The Morgan fingerprint density at radius 1 is 1.29 bits per heavy atom. The van der Waals surface area contributed by atoms with Gasteiger partial charge in [-0.25, -0.2) is 4.98 Å². The van der Waals surface area contributed by atoms with E-state index in [9.17, 15) is 4.79 Å². The molecule has 2 atom stereocenters. The first kappa shape index (κ1) is 16.5. The number of rotatable bonds is 4. The topological polar surface area (TPSA) is 51.7 Å². The number of benzene rings is 1. The van der Waals surface area contributed by atoms with Crippen LogP contribution in [0.1, 0.15) is 29.8 Å². The van der Waals surface area contributed by atoms with Crippen molar-refractivity contribution in [3.63, 3.8) is 0 Å². The Morgan fingerprint density at radius 3 is 2.88 bits per heavy atom. The number of carbonyl (C=O) groups excluding carboxylic acids is 1. The molecule has 1 aromatic heterocycles. The molecule has 0 aliphatic carbocycles. The van der Waals surface area contributed by atoms with Crippen LogP contribution in [0.3, 0.4) is 0 Å². The van der Waals surface area contributed by atoms with Crippen molar-refractivity contribution in [3.05, 3.63) is 59.8 Å². The number of nitrogens with zero attached hydrogens (tertiary/aromatic N) is 2. The van der Waals surface area contributed by atoms with Crippen molar-refractivity contribution in [2.45, 2.75) is 32.6 Å². The maximum atomic E-state index is 12.8. The van der Waals surface area contributed by atoms with Gasteiger partial charge in [-0.3, -0.25) is 4.79 Å². The fourth-order valence-electron chi connectivity index (χ4n) is 2.70. The first-order chi connectivity index (χ1) is 11.6. The van der Waals surface area contributed by atoms with Crippen LogP contribution in [-0.4, -0.2) is 41.1 Å². The lowest BCUT2D eigenvalue weighted by molar-refractivity contribution is -0.0387. The molecule has 0 bridgehead atoms. The van der Waals surface area contributed by atoms with Gasteiger partial charge in [-0.2, -0.15) is 0 Å².